The van der Waals surface area contributed by atoms with Crippen molar-refractivity contribution in [1.82, 2.24) is 4.72 Å². The molecule has 5 nitrogen and oxygen atoms in total. The Morgan fingerprint density at radius 3 is 2.33 bits per heavy atom. The second-order valence-corrected chi connectivity index (χ2v) is 4.44. The third-order valence-electron chi connectivity index (χ3n) is 0.781. The molecule has 0 saturated carbocycles. The smallest absolute Gasteiger partial charge is 0.444 e. The minimum absolute atomic E-state index is 0.170. The third-order valence-corrected chi connectivity index (χ3v) is 1.26. The van der Waals surface area contributed by atoms with E-state index in [0.29, 0.717) is 0 Å². The fourth-order valence-electron chi connectivity index (χ4n) is 0.400. The van der Waals surface area contributed by atoms with E-state index in [-0.39, 0.29) is 12.5 Å². The summed E-state index contributed by atoms with van der Waals surface area (Å²) in [5, 5.41) is 0. The molecule has 0 aromatic rings. The molecule has 0 aliphatic carbocycles. The minimum Gasteiger partial charge on any atom is -0.447 e. The monoisotopic (exact) mass is 194 g/mol. The van der Waals surface area contributed by atoms with Crippen LogP contribution in [0.15, 0.2) is 0 Å². The minimum atomic E-state index is -3.62. The fourth-order valence-corrected chi connectivity index (χ4v) is 0.723. The van der Waals surface area contributed by atoms with Crippen molar-refractivity contribution in [3.8, 4) is 0 Å². The molecule has 12 heavy (non-hydrogen) atoms. The molecule has 0 bridgehead atoms. The molecule has 0 spiro atoms. The number of carbonyl (C=O) groups excluding carboxylic acids is 1. The summed E-state index contributed by atoms with van der Waals surface area (Å²) in [4.78, 5) is 10.6. The van der Waals surface area contributed by atoms with Gasteiger partial charge >= 0.3 is 6.09 Å². The van der Waals surface area contributed by atoms with Gasteiger partial charge in [-0.15, -0.1) is 0 Å². The number of hydrogen-bond acceptors (Lipinski definition) is 4. The highest BCUT2D eigenvalue weighted by Crippen LogP contribution is 1.93. The van der Waals surface area contributed by atoms with E-state index in [0.717, 1.165) is 6.26 Å². The van der Waals surface area contributed by atoms with Crippen LogP contribution in [-0.2, 0) is 14.8 Å². The van der Waals surface area contributed by atoms with E-state index in [2.05, 4.69) is 9.46 Å². The van der Waals surface area contributed by atoms with Crippen LogP contribution in [0.25, 0.3) is 0 Å². The van der Waals surface area contributed by atoms with Gasteiger partial charge in [0.2, 0.25) is 0 Å². The number of nitrogens with zero attached hydrogens (tertiary/aromatic N) is 1. The van der Waals surface area contributed by atoms with Gasteiger partial charge in [0, 0.05) is 0 Å². The molecular weight excluding hydrogens is 182 g/mol. The average molecular weight is 194 g/mol. The Bertz CT molecular complexity index is 244. The van der Waals surface area contributed by atoms with Crippen LogP contribution in [0.4, 0.5) is 4.79 Å². The van der Waals surface area contributed by atoms with Crippen molar-refractivity contribution in [2.24, 2.45) is 5.92 Å². The Hall–Kier alpha value is -0.780. The summed E-state index contributed by atoms with van der Waals surface area (Å²) in [6.45, 7) is 3.86. The van der Waals surface area contributed by atoms with E-state index < -0.39 is 16.1 Å². The highest BCUT2D eigenvalue weighted by atomic mass is 32.2. The summed E-state index contributed by atoms with van der Waals surface area (Å²) in [5.41, 5.74) is 0. The third kappa shape index (κ3) is 7.33. The first kappa shape index (κ1) is 11.2. The second kappa shape index (κ2) is 4.30. The van der Waals surface area contributed by atoms with Gasteiger partial charge in [-0.05, 0) is 5.92 Å². The predicted molar refractivity (Wildman–Crippen MR) is 43.2 cm³/mol. The fraction of sp³-hybridized carbons (Fsp3) is 0.833. The lowest BCUT2D eigenvalue weighted by Gasteiger charge is -2.04. The van der Waals surface area contributed by atoms with Crippen molar-refractivity contribution >= 4 is 16.1 Å². The molecule has 0 aliphatic heterocycles. The Morgan fingerprint density at radius 1 is 1.50 bits per heavy atom. The van der Waals surface area contributed by atoms with E-state index >= 15 is 0 Å². The van der Waals surface area contributed by atoms with E-state index in [1.54, 1.807) is 0 Å². The van der Waals surface area contributed by atoms with E-state index in [9.17, 15) is 13.2 Å². The van der Waals surface area contributed by atoms with Crippen LogP contribution in [-0.4, -0.2) is 27.4 Å². The average Bonchev–Trinajstić information content (AvgIpc) is 1.79. The largest absolute Gasteiger partial charge is 0.447 e. The van der Waals surface area contributed by atoms with Gasteiger partial charge in [0.25, 0.3) is 10.0 Å². The maximum Gasteiger partial charge on any atom is 0.444 e. The summed E-state index contributed by atoms with van der Waals surface area (Å²) >= 11 is 0. The lowest BCUT2D eigenvalue weighted by molar-refractivity contribution is 0.138. The predicted octanol–water partition coefficient (Wildman–Crippen LogP) is 0.343. The van der Waals surface area contributed by atoms with Crippen molar-refractivity contribution < 1.29 is 17.9 Å². The van der Waals surface area contributed by atoms with Gasteiger partial charge in [-0.2, -0.15) is 0 Å². The molecule has 0 rings (SSSR count). The quantitative estimate of drug-likeness (QED) is 0.649. The Labute approximate surface area is 72.1 Å². The van der Waals surface area contributed by atoms with E-state index in [1.807, 2.05) is 13.8 Å². The Balaban J connectivity index is 3.77. The molecule has 0 saturated heterocycles. The van der Waals surface area contributed by atoms with Gasteiger partial charge in [-0.3, -0.25) is 0 Å². The SMILES string of the molecule is CC(C)COC(=O)[N]S(C)(=O)=O. The highest BCUT2D eigenvalue weighted by molar-refractivity contribution is 7.89. The van der Waals surface area contributed by atoms with E-state index in [1.165, 1.54) is 0 Å². The zero-order valence-electron chi connectivity index (χ0n) is 7.27. The lowest BCUT2D eigenvalue weighted by atomic mass is 10.2. The van der Waals surface area contributed by atoms with Crippen LogP contribution >= 0.6 is 0 Å². The van der Waals surface area contributed by atoms with Crippen LogP contribution in [0.1, 0.15) is 13.8 Å². The molecule has 0 aromatic carbocycles. The van der Waals surface area contributed by atoms with Crippen LogP contribution in [0.5, 0.6) is 0 Å². The molecule has 0 aromatic heterocycles. The number of amides is 1. The van der Waals surface area contributed by atoms with Crippen LogP contribution in [0.2, 0.25) is 0 Å². The number of sulfonamides is 1. The standard InChI is InChI=1S/C6H12NO4S/c1-5(2)4-11-6(8)7-12(3,9)10/h5H,4H2,1-3H3. The number of hydrogen-bond donors (Lipinski definition) is 0. The summed E-state index contributed by atoms with van der Waals surface area (Å²) in [7, 11) is -3.62. The van der Waals surface area contributed by atoms with Gasteiger partial charge < -0.3 is 4.74 Å². The van der Waals surface area contributed by atoms with Gasteiger partial charge in [0.05, 0.1) is 12.9 Å². The molecular formula is C6H12NO4S. The molecule has 0 heterocycles. The van der Waals surface area contributed by atoms with Crippen molar-refractivity contribution in [2.45, 2.75) is 13.8 Å². The second-order valence-electron chi connectivity index (χ2n) is 2.80. The molecule has 0 atom stereocenters. The van der Waals surface area contributed by atoms with Crippen LogP contribution in [0.3, 0.4) is 0 Å². The van der Waals surface area contributed by atoms with Crippen molar-refractivity contribution in [3.63, 3.8) is 0 Å². The van der Waals surface area contributed by atoms with Gasteiger partial charge in [0.15, 0.2) is 0 Å². The molecule has 0 unspecified atom stereocenters. The zero-order valence-corrected chi connectivity index (χ0v) is 8.09. The van der Waals surface area contributed by atoms with Crippen molar-refractivity contribution in [3.05, 3.63) is 0 Å². The van der Waals surface area contributed by atoms with Gasteiger partial charge in [-0.25, -0.2) is 13.2 Å². The summed E-state index contributed by atoms with van der Waals surface area (Å²) in [6.07, 6.45) is -0.213. The first-order chi connectivity index (χ1) is 5.31. The number of carbonyl (C=O) groups is 1. The Kier molecular flexibility index (Phi) is 4.02. The van der Waals surface area contributed by atoms with Crippen molar-refractivity contribution in [1.29, 1.82) is 0 Å². The molecule has 71 valence electrons. The Morgan fingerprint density at radius 2 is 2.00 bits per heavy atom. The summed E-state index contributed by atoms with van der Waals surface area (Å²) < 4.78 is 28.1. The highest BCUT2D eigenvalue weighted by Gasteiger charge is 2.12. The topological polar surface area (TPSA) is 74.5 Å². The zero-order chi connectivity index (χ0) is 9.78. The maximum atomic E-state index is 10.6. The molecule has 0 N–H and O–H groups in total. The van der Waals surface area contributed by atoms with Gasteiger partial charge in [0.1, 0.15) is 0 Å². The molecule has 1 radical (unpaired) electrons. The van der Waals surface area contributed by atoms with Crippen LogP contribution in [0, 0.1) is 5.92 Å². The molecule has 0 fully saturated rings. The first-order valence-corrected chi connectivity index (χ1v) is 5.26. The van der Waals surface area contributed by atoms with Crippen molar-refractivity contribution in [2.75, 3.05) is 12.9 Å². The van der Waals surface area contributed by atoms with E-state index in [4.69, 9.17) is 0 Å². The normalized spacial score (nSPS) is 11.3. The summed E-state index contributed by atoms with van der Waals surface area (Å²) in [6, 6.07) is 0. The maximum absolute atomic E-state index is 10.6. The van der Waals surface area contributed by atoms with Gasteiger partial charge in [-0.1, -0.05) is 18.6 Å². The number of ether oxygens (including phenoxy) is 1. The molecule has 1 amide bonds. The molecule has 6 heteroatoms. The number of rotatable bonds is 3. The van der Waals surface area contributed by atoms with Crippen LogP contribution < -0.4 is 4.72 Å². The lowest BCUT2D eigenvalue weighted by Crippen LogP contribution is -2.24. The molecule has 0 aliphatic rings. The summed E-state index contributed by atoms with van der Waals surface area (Å²) in [5.74, 6) is 0.170. The first-order valence-electron chi connectivity index (χ1n) is 3.41.